The molecule has 0 aliphatic carbocycles. The second kappa shape index (κ2) is 4.61. The van der Waals surface area contributed by atoms with E-state index in [9.17, 15) is 4.39 Å². The van der Waals surface area contributed by atoms with Gasteiger partial charge >= 0.3 is 0 Å². The SMILES string of the molecule is Nc1nc2ccc(Br)cc2n1-c1ccc(F)c(Br)c1. The number of hydrogen-bond donors (Lipinski definition) is 1. The van der Waals surface area contributed by atoms with Crippen molar-refractivity contribution in [1.29, 1.82) is 0 Å². The first-order valence-corrected chi connectivity index (χ1v) is 7.04. The molecule has 0 bridgehead atoms. The van der Waals surface area contributed by atoms with Gasteiger partial charge in [0.05, 0.1) is 21.2 Å². The molecule has 0 unspecified atom stereocenters. The number of nitrogens with two attached hydrogens (primary N) is 1. The van der Waals surface area contributed by atoms with E-state index in [0.717, 1.165) is 21.2 Å². The lowest BCUT2D eigenvalue weighted by molar-refractivity contribution is 0.620. The molecule has 0 atom stereocenters. The molecule has 1 heterocycles. The highest BCUT2D eigenvalue weighted by Crippen LogP contribution is 2.28. The Hall–Kier alpha value is -1.40. The number of nitrogens with zero attached hydrogens (tertiary/aromatic N) is 2. The maximum Gasteiger partial charge on any atom is 0.205 e. The molecular formula is C13H8Br2FN3. The van der Waals surface area contributed by atoms with Gasteiger partial charge in [0.25, 0.3) is 0 Å². The molecule has 3 nitrogen and oxygen atoms in total. The van der Waals surface area contributed by atoms with Gasteiger partial charge in [0.15, 0.2) is 0 Å². The number of benzene rings is 2. The van der Waals surface area contributed by atoms with Gasteiger partial charge in [-0.3, -0.25) is 4.57 Å². The summed E-state index contributed by atoms with van der Waals surface area (Å²) in [4.78, 5) is 4.29. The standard InChI is InChI=1S/C13H8Br2FN3/c14-7-1-4-11-12(5-7)19(13(17)18-11)8-2-3-10(16)9(15)6-8/h1-6H,(H2,17,18). The van der Waals surface area contributed by atoms with Crippen LogP contribution < -0.4 is 5.73 Å². The van der Waals surface area contributed by atoms with Gasteiger partial charge in [0.2, 0.25) is 5.95 Å². The molecule has 2 aromatic carbocycles. The normalized spacial score (nSPS) is 11.1. The molecular weight excluding hydrogens is 377 g/mol. The van der Waals surface area contributed by atoms with Crippen molar-refractivity contribution in [2.45, 2.75) is 0 Å². The second-order valence-corrected chi connectivity index (χ2v) is 5.81. The van der Waals surface area contributed by atoms with E-state index in [1.54, 1.807) is 16.7 Å². The molecule has 6 heteroatoms. The zero-order valence-electron chi connectivity index (χ0n) is 9.57. The number of nitrogen functional groups attached to an aromatic ring is 1. The lowest BCUT2D eigenvalue weighted by Crippen LogP contribution is -2.00. The van der Waals surface area contributed by atoms with Crippen molar-refractivity contribution in [3.8, 4) is 5.69 Å². The Kier molecular flexibility index (Phi) is 3.06. The summed E-state index contributed by atoms with van der Waals surface area (Å²) in [6.45, 7) is 0. The number of anilines is 1. The van der Waals surface area contributed by atoms with E-state index in [-0.39, 0.29) is 5.82 Å². The third kappa shape index (κ3) is 2.15. The van der Waals surface area contributed by atoms with E-state index in [0.29, 0.717) is 10.4 Å². The van der Waals surface area contributed by atoms with Crippen molar-refractivity contribution in [3.05, 3.63) is 51.2 Å². The Morgan fingerprint density at radius 3 is 2.63 bits per heavy atom. The number of halogens is 3. The minimum absolute atomic E-state index is 0.312. The van der Waals surface area contributed by atoms with Crippen molar-refractivity contribution >= 4 is 48.8 Å². The van der Waals surface area contributed by atoms with Crippen LogP contribution in [0.1, 0.15) is 0 Å². The van der Waals surface area contributed by atoms with Crippen LogP contribution in [0, 0.1) is 5.82 Å². The lowest BCUT2D eigenvalue weighted by atomic mass is 10.2. The van der Waals surface area contributed by atoms with Gasteiger partial charge < -0.3 is 5.73 Å². The minimum Gasteiger partial charge on any atom is -0.369 e. The number of fused-ring (bicyclic) bond motifs is 1. The molecule has 0 aliphatic rings. The third-order valence-electron chi connectivity index (χ3n) is 2.80. The first kappa shape index (κ1) is 12.6. The number of aromatic nitrogens is 2. The highest BCUT2D eigenvalue weighted by atomic mass is 79.9. The van der Waals surface area contributed by atoms with Crippen LogP contribution in [0.25, 0.3) is 16.7 Å². The second-order valence-electron chi connectivity index (χ2n) is 4.04. The predicted octanol–water partition coefficient (Wildman–Crippen LogP) is 4.27. The molecule has 19 heavy (non-hydrogen) atoms. The molecule has 0 saturated carbocycles. The van der Waals surface area contributed by atoms with Crippen LogP contribution in [-0.4, -0.2) is 9.55 Å². The smallest absolute Gasteiger partial charge is 0.205 e. The van der Waals surface area contributed by atoms with Crippen LogP contribution in [0.3, 0.4) is 0 Å². The highest BCUT2D eigenvalue weighted by Gasteiger charge is 2.11. The summed E-state index contributed by atoms with van der Waals surface area (Å²) >= 11 is 6.60. The van der Waals surface area contributed by atoms with Crippen LogP contribution in [0.4, 0.5) is 10.3 Å². The van der Waals surface area contributed by atoms with Crippen molar-refractivity contribution in [2.24, 2.45) is 0 Å². The molecule has 1 aromatic heterocycles. The maximum atomic E-state index is 13.3. The van der Waals surface area contributed by atoms with Crippen LogP contribution in [0.2, 0.25) is 0 Å². The monoisotopic (exact) mass is 383 g/mol. The Bertz CT molecular complexity index is 783. The summed E-state index contributed by atoms with van der Waals surface area (Å²) < 4.78 is 16.4. The van der Waals surface area contributed by atoms with Crippen LogP contribution in [0.5, 0.6) is 0 Å². The number of rotatable bonds is 1. The van der Waals surface area contributed by atoms with Gasteiger partial charge in [-0.25, -0.2) is 9.37 Å². The van der Waals surface area contributed by atoms with Gasteiger partial charge in [-0.2, -0.15) is 0 Å². The largest absolute Gasteiger partial charge is 0.369 e. The molecule has 0 saturated heterocycles. The van der Waals surface area contributed by atoms with Gasteiger partial charge in [-0.15, -0.1) is 0 Å². The Morgan fingerprint density at radius 2 is 1.89 bits per heavy atom. The molecule has 3 rings (SSSR count). The lowest BCUT2D eigenvalue weighted by Gasteiger charge is -2.07. The van der Waals surface area contributed by atoms with Crippen LogP contribution in [0.15, 0.2) is 45.3 Å². The van der Waals surface area contributed by atoms with E-state index in [1.165, 1.54) is 6.07 Å². The van der Waals surface area contributed by atoms with Crippen molar-refractivity contribution in [1.82, 2.24) is 9.55 Å². The third-order valence-corrected chi connectivity index (χ3v) is 3.90. The fraction of sp³-hybridized carbons (Fsp3) is 0. The van der Waals surface area contributed by atoms with E-state index in [4.69, 9.17) is 5.73 Å². The molecule has 0 fully saturated rings. The van der Waals surface area contributed by atoms with Crippen molar-refractivity contribution < 1.29 is 4.39 Å². The van der Waals surface area contributed by atoms with Gasteiger partial charge in [-0.05, 0) is 52.3 Å². The summed E-state index contributed by atoms with van der Waals surface area (Å²) in [5.41, 5.74) is 8.37. The topological polar surface area (TPSA) is 43.8 Å². The minimum atomic E-state index is -0.312. The fourth-order valence-electron chi connectivity index (χ4n) is 1.96. The Labute approximate surface area is 125 Å². The van der Waals surface area contributed by atoms with E-state index in [1.807, 2.05) is 18.2 Å². The first-order valence-electron chi connectivity index (χ1n) is 5.45. The summed E-state index contributed by atoms with van der Waals surface area (Å²) in [6, 6.07) is 10.4. The summed E-state index contributed by atoms with van der Waals surface area (Å²) in [5.74, 6) is 0.0551. The fourth-order valence-corrected chi connectivity index (χ4v) is 2.68. The molecule has 2 N–H and O–H groups in total. The zero-order chi connectivity index (χ0) is 13.6. The summed E-state index contributed by atoms with van der Waals surface area (Å²) in [5, 5.41) is 0. The first-order chi connectivity index (χ1) is 9.06. The molecule has 3 aromatic rings. The van der Waals surface area contributed by atoms with E-state index >= 15 is 0 Å². The molecule has 96 valence electrons. The summed E-state index contributed by atoms with van der Waals surface area (Å²) in [6.07, 6.45) is 0. The maximum absolute atomic E-state index is 13.3. The quantitative estimate of drug-likeness (QED) is 0.680. The summed E-state index contributed by atoms with van der Waals surface area (Å²) in [7, 11) is 0. The molecule has 0 aliphatic heterocycles. The predicted molar refractivity (Wildman–Crippen MR) is 80.8 cm³/mol. The highest BCUT2D eigenvalue weighted by molar-refractivity contribution is 9.10. The van der Waals surface area contributed by atoms with Crippen LogP contribution in [-0.2, 0) is 0 Å². The Balaban J connectivity index is 2.31. The zero-order valence-corrected chi connectivity index (χ0v) is 12.7. The molecule has 0 amide bonds. The number of imidazole rings is 1. The van der Waals surface area contributed by atoms with E-state index in [2.05, 4.69) is 36.8 Å². The van der Waals surface area contributed by atoms with Crippen molar-refractivity contribution in [3.63, 3.8) is 0 Å². The average molecular weight is 385 g/mol. The number of hydrogen-bond acceptors (Lipinski definition) is 2. The average Bonchev–Trinajstić information content (AvgIpc) is 2.68. The van der Waals surface area contributed by atoms with Crippen LogP contribution >= 0.6 is 31.9 Å². The van der Waals surface area contributed by atoms with Crippen molar-refractivity contribution in [2.75, 3.05) is 5.73 Å². The van der Waals surface area contributed by atoms with E-state index < -0.39 is 0 Å². The molecule has 0 radical (unpaired) electrons. The van der Waals surface area contributed by atoms with Gasteiger partial charge in [-0.1, -0.05) is 15.9 Å². The van der Waals surface area contributed by atoms with Gasteiger partial charge in [0.1, 0.15) is 5.82 Å². The Morgan fingerprint density at radius 1 is 1.11 bits per heavy atom. The van der Waals surface area contributed by atoms with Gasteiger partial charge in [0, 0.05) is 4.47 Å². The molecule has 0 spiro atoms.